The van der Waals surface area contributed by atoms with Gasteiger partial charge in [0.2, 0.25) is 0 Å². The molecule has 7 aromatic carbocycles. The molecule has 4 unspecified atom stereocenters. The molecule has 4 atom stereocenters. The van der Waals surface area contributed by atoms with Crippen molar-refractivity contribution >= 4 is 69.7 Å². The van der Waals surface area contributed by atoms with Gasteiger partial charge in [0.15, 0.2) is 0 Å². The van der Waals surface area contributed by atoms with Gasteiger partial charge in [-0.15, -0.1) is 0 Å². The Labute approximate surface area is 494 Å². The predicted octanol–water partition coefficient (Wildman–Crippen LogP) is 17.6. The summed E-state index contributed by atoms with van der Waals surface area (Å²) in [5, 5.41) is 6.06. The van der Waals surface area contributed by atoms with Crippen LogP contribution in [0.15, 0.2) is 133 Å². The maximum absolute atomic E-state index is 14.2. The number of esters is 3. The summed E-state index contributed by atoms with van der Waals surface area (Å²) in [7, 11) is 4.30. The van der Waals surface area contributed by atoms with Crippen molar-refractivity contribution in [3.63, 3.8) is 0 Å². The van der Waals surface area contributed by atoms with E-state index in [1.54, 1.807) is 24.3 Å². The van der Waals surface area contributed by atoms with Crippen LogP contribution in [0.25, 0.3) is 10.8 Å². The van der Waals surface area contributed by atoms with Crippen LogP contribution in [-0.2, 0) is 19.0 Å². The van der Waals surface area contributed by atoms with Gasteiger partial charge in [0.25, 0.3) is 0 Å². The summed E-state index contributed by atoms with van der Waals surface area (Å²) in [6.45, 7) is 25.0. The third-order valence-corrected chi connectivity index (χ3v) is 18.5. The van der Waals surface area contributed by atoms with E-state index in [-0.39, 0.29) is 52.4 Å². The van der Waals surface area contributed by atoms with Gasteiger partial charge in [0.1, 0.15) is 19.3 Å². The van der Waals surface area contributed by atoms with Crippen molar-refractivity contribution in [3.8, 4) is 0 Å². The molecule has 0 bridgehead atoms. The van der Waals surface area contributed by atoms with E-state index in [1.807, 2.05) is 13.8 Å². The molecule has 82 heavy (non-hydrogen) atoms. The molecule has 8 rings (SSSR count). The average molecular weight is 1120 g/mol. The maximum Gasteiger partial charge on any atom is 0.339 e. The highest BCUT2D eigenvalue weighted by Crippen LogP contribution is 2.50. The van der Waals surface area contributed by atoms with E-state index in [1.165, 1.54) is 61.4 Å². The zero-order valence-corrected chi connectivity index (χ0v) is 52.0. The lowest BCUT2D eigenvalue weighted by Crippen LogP contribution is -2.47. The molecule has 0 aliphatic heterocycles. The molecular weight excluding hydrogens is 1030 g/mol. The fourth-order valence-electron chi connectivity index (χ4n) is 12.7. The fourth-order valence-corrected chi connectivity index (χ4v) is 13.0. The van der Waals surface area contributed by atoms with Crippen LogP contribution in [-0.4, -0.2) is 62.1 Å². The topological polar surface area (TPSA) is 97.4 Å². The third kappa shape index (κ3) is 13.2. The molecule has 0 radical (unpaired) electrons. The van der Waals surface area contributed by atoms with Crippen molar-refractivity contribution < 1.29 is 28.6 Å². The first-order valence-electron chi connectivity index (χ1n) is 29.5. The van der Waals surface area contributed by atoms with Gasteiger partial charge in [-0.2, -0.15) is 12.6 Å². The van der Waals surface area contributed by atoms with Crippen LogP contribution in [0.1, 0.15) is 163 Å². The fraction of sp³-hybridized carbons (Fsp3) is 0.403. The average Bonchev–Trinajstić information content (AvgIpc) is 3.58. The largest absolute Gasteiger partial charge is 0.462 e. The summed E-state index contributed by atoms with van der Waals surface area (Å²) in [6, 6.07) is 46.5. The number of anilines is 5. The van der Waals surface area contributed by atoms with Gasteiger partial charge >= 0.3 is 17.9 Å². The molecule has 0 amide bonds. The number of fused-ring (bicyclic) bond motifs is 1. The molecule has 1 aliphatic rings. The molecule has 9 nitrogen and oxygen atoms in total. The lowest BCUT2D eigenvalue weighted by atomic mass is 9.61. The number of nitrogens with zero attached hydrogens (tertiary/aromatic N) is 2. The lowest BCUT2D eigenvalue weighted by Gasteiger charge is -2.45. The molecule has 0 saturated heterocycles. The quantitative estimate of drug-likeness (QED) is 0.0240. The van der Waals surface area contributed by atoms with Gasteiger partial charge < -0.3 is 29.3 Å². The second kappa shape index (κ2) is 25.6. The van der Waals surface area contributed by atoms with E-state index in [0.29, 0.717) is 12.8 Å². The first kappa shape index (κ1) is 61.0. The van der Waals surface area contributed by atoms with Crippen molar-refractivity contribution in [2.75, 3.05) is 42.4 Å². The van der Waals surface area contributed by atoms with E-state index in [4.69, 9.17) is 26.8 Å². The van der Waals surface area contributed by atoms with Gasteiger partial charge in [-0.3, -0.25) is 4.79 Å². The molecule has 432 valence electrons. The zero-order chi connectivity index (χ0) is 59.3. The SMILES string of the molecule is CCC(C)(S)CC(C)(C(=O)OCCOC(=O)c1ccccc1C(=O)OC1CCCCC1Nc1ccc(C(c2ccc(N(C)c3c(C)cc(C)cc3C)cc2)c2ccc(N(C)c3c(C)cc(C)cc3C)cc2)c2ccccc12)C(C)(C)CC. The molecule has 0 aromatic heterocycles. The number of carbonyl (C=O) groups excluding carboxylic acids is 3. The highest BCUT2D eigenvalue weighted by molar-refractivity contribution is 7.81. The molecule has 1 saturated carbocycles. The highest BCUT2D eigenvalue weighted by Gasteiger charge is 2.50. The molecule has 0 heterocycles. The number of carbonyl (C=O) groups is 3. The number of ether oxygens (including phenoxy) is 3. The Morgan fingerprint density at radius 1 is 0.598 bits per heavy atom. The van der Waals surface area contributed by atoms with Crippen molar-refractivity contribution in [1.82, 2.24) is 0 Å². The molecule has 10 heteroatoms. The summed E-state index contributed by atoms with van der Waals surface area (Å²) in [5.41, 5.74) is 15.7. The smallest absolute Gasteiger partial charge is 0.339 e. The Bertz CT molecular complexity index is 3270. The molecule has 1 N–H and O–H groups in total. The zero-order valence-electron chi connectivity index (χ0n) is 51.1. The Morgan fingerprint density at radius 2 is 1.07 bits per heavy atom. The highest BCUT2D eigenvalue weighted by atomic mass is 32.1. The Morgan fingerprint density at radius 3 is 1.59 bits per heavy atom. The molecular formula is C72H87N3O6S. The van der Waals surface area contributed by atoms with Crippen molar-refractivity contribution in [3.05, 3.63) is 195 Å². The van der Waals surface area contributed by atoms with Crippen LogP contribution < -0.4 is 15.1 Å². The Kier molecular flexibility index (Phi) is 19.1. The van der Waals surface area contributed by atoms with Crippen molar-refractivity contribution in [1.29, 1.82) is 0 Å². The van der Waals surface area contributed by atoms with Gasteiger partial charge in [0, 0.05) is 58.6 Å². The van der Waals surface area contributed by atoms with Crippen molar-refractivity contribution in [2.45, 2.75) is 151 Å². The van der Waals surface area contributed by atoms with Gasteiger partial charge in [0.05, 0.1) is 22.6 Å². The van der Waals surface area contributed by atoms with Crippen LogP contribution in [0.5, 0.6) is 0 Å². The molecule has 1 aliphatic carbocycles. The monoisotopic (exact) mass is 1120 g/mol. The van der Waals surface area contributed by atoms with Crippen LogP contribution in [0.4, 0.5) is 28.4 Å². The Balaban J connectivity index is 1.04. The van der Waals surface area contributed by atoms with Crippen LogP contribution in [0, 0.1) is 52.4 Å². The number of benzene rings is 7. The summed E-state index contributed by atoms with van der Waals surface area (Å²) >= 11 is 4.88. The van der Waals surface area contributed by atoms with E-state index in [9.17, 15) is 14.4 Å². The van der Waals surface area contributed by atoms with E-state index in [2.05, 4.69) is 208 Å². The third-order valence-electron chi connectivity index (χ3n) is 18.0. The predicted molar refractivity (Wildman–Crippen MR) is 342 cm³/mol. The molecule has 1 fully saturated rings. The summed E-state index contributed by atoms with van der Waals surface area (Å²) < 4.78 is 17.5. The van der Waals surface area contributed by atoms with Crippen LogP contribution in [0.3, 0.4) is 0 Å². The lowest BCUT2D eigenvalue weighted by molar-refractivity contribution is -0.165. The minimum atomic E-state index is -0.819. The maximum atomic E-state index is 14.2. The van der Waals surface area contributed by atoms with Crippen molar-refractivity contribution in [2.24, 2.45) is 10.8 Å². The molecule has 0 spiro atoms. The standard InChI is InChI=1S/C72H87N3O6S/c1-15-70(9,10)72(12,45-71(11,82)16-2)69(78)80-40-39-79-67(76)59-25-19-20-26-60(59)68(77)81-63-28-22-21-27-62(63)73-61-38-37-58(56-23-17-18-24-57(56)61)64(52-29-33-54(34-30-52)74(13)65-48(5)41-46(3)42-49(65)6)53-31-35-55(36-32-53)75(14)66-50(7)43-47(4)44-51(66)8/h17-20,23-26,29-38,41-44,62-64,73,82H,15-16,21-22,27-28,39-40,45H2,1-14H3. The summed E-state index contributed by atoms with van der Waals surface area (Å²) in [4.78, 5) is 46.3. The summed E-state index contributed by atoms with van der Waals surface area (Å²) in [6.07, 6.45) is 4.97. The number of aryl methyl sites for hydroxylation is 6. The van der Waals surface area contributed by atoms with Gasteiger partial charge in [-0.1, -0.05) is 143 Å². The van der Waals surface area contributed by atoms with E-state index >= 15 is 0 Å². The normalized spacial score (nSPS) is 16.0. The minimum absolute atomic E-state index is 0.0947. The number of nitrogens with one attached hydrogen (secondary N) is 1. The number of hydrogen-bond donors (Lipinski definition) is 2. The second-order valence-electron chi connectivity index (χ2n) is 24.4. The van der Waals surface area contributed by atoms with Crippen LogP contribution in [0.2, 0.25) is 0 Å². The first-order valence-corrected chi connectivity index (χ1v) is 29.9. The second-order valence-corrected chi connectivity index (χ2v) is 25.4. The van der Waals surface area contributed by atoms with Gasteiger partial charge in [-0.25, -0.2) is 9.59 Å². The van der Waals surface area contributed by atoms with E-state index in [0.717, 1.165) is 59.9 Å². The minimum Gasteiger partial charge on any atom is -0.462 e. The van der Waals surface area contributed by atoms with Crippen LogP contribution >= 0.6 is 12.6 Å². The molecule has 7 aromatic rings. The number of thiol groups is 1. The number of rotatable bonds is 21. The number of hydrogen-bond acceptors (Lipinski definition) is 10. The summed E-state index contributed by atoms with van der Waals surface area (Å²) in [5.74, 6) is -1.74. The first-order chi connectivity index (χ1) is 39.0. The van der Waals surface area contributed by atoms with E-state index < -0.39 is 23.5 Å². The Hall–Kier alpha value is -7.04. The van der Waals surface area contributed by atoms with Gasteiger partial charge in [-0.05, 0) is 179 Å².